The Balaban J connectivity index is 0. The van der Waals surface area contributed by atoms with Crippen molar-refractivity contribution in [2.24, 2.45) is 5.10 Å². The Morgan fingerprint density at radius 2 is 1.84 bits per heavy atom. The summed E-state index contributed by atoms with van der Waals surface area (Å²) in [5, 5.41) is 4.33. The molecular formula is C33H55FN2O2. The van der Waals surface area contributed by atoms with E-state index < -0.39 is 0 Å². The Hall–Kier alpha value is -2.69. The van der Waals surface area contributed by atoms with Crippen molar-refractivity contribution in [3.8, 4) is 0 Å². The maximum atomic E-state index is 14.1. The van der Waals surface area contributed by atoms with E-state index in [0.29, 0.717) is 24.5 Å². The summed E-state index contributed by atoms with van der Waals surface area (Å²) >= 11 is 0. The molecule has 0 aromatic rings. The van der Waals surface area contributed by atoms with Crippen LogP contribution in [0.1, 0.15) is 114 Å². The van der Waals surface area contributed by atoms with Crippen molar-refractivity contribution in [2.75, 3.05) is 0 Å². The first-order chi connectivity index (χ1) is 18.3. The van der Waals surface area contributed by atoms with Gasteiger partial charge in [0, 0.05) is 18.9 Å². The molecule has 0 fully saturated rings. The second-order valence-electron chi connectivity index (χ2n) is 8.84. The van der Waals surface area contributed by atoms with E-state index in [9.17, 15) is 9.18 Å². The number of rotatable bonds is 13. The van der Waals surface area contributed by atoms with Gasteiger partial charge in [0.2, 0.25) is 0 Å². The van der Waals surface area contributed by atoms with Crippen molar-refractivity contribution in [1.82, 2.24) is 5.43 Å². The highest BCUT2D eigenvalue weighted by Crippen LogP contribution is 2.21. The van der Waals surface area contributed by atoms with Gasteiger partial charge in [0.05, 0.1) is 5.71 Å². The molecule has 0 bridgehead atoms. The van der Waals surface area contributed by atoms with Crippen molar-refractivity contribution in [2.45, 2.75) is 126 Å². The van der Waals surface area contributed by atoms with Crippen molar-refractivity contribution >= 4 is 11.7 Å². The highest BCUT2D eigenvalue weighted by molar-refractivity contribution is 6.03. The summed E-state index contributed by atoms with van der Waals surface area (Å²) in [6.07, 6.45) is 20.9. The molecule has 2 unspecified atom stereocenters. The Kier molecular flexibility index (Phi) is 24.3. The lowest BCUT2D eigenvalue weighted by Crippen LogP contribution is -2.19. The maximum absolute atomic E-state index is 14.1. The minimum atomic E-state index is -0.362. The zero-order chi connectivity index (χ0) is 29.3. The zero-order valence-corrected chi connectivity index (χ0v) is 25.9. The van der Waals surface area contributed by atoms with Crippen LogP contribution in [0.15, 0.2) is 76.3 Å². The third-order valence-corrected chi connectivity index (χ3v) is 5.41. The molecule has 0 saturated heterocycles. The first-order valence-corrected chi connectivity index (χ1v) is 14.5. The van der Waals surface area contributed by atoms with E-state index in [1.165, 1.54) is 11.6 Å². The van der Waals surface area contributed by atoms with Crippen LogP contribution >= 0.6 is 0 Å². The van der Waals surface area contributed by atoms with Gasteiger partial charge in [-0.3, -0.25) is 4.79 Å². The van der Waals surface area contributed by atoms with Crippen LogP contribution in [-0.2, 0) is 9.53 Å². The van der Waals surface area contributed by atoms with Crippen LogP contribution in [0.3, 0.4) is 0 Å². The van der Waals surface area contributed by atoms with E-state index in [0.717, 1.165) is 43.4 Å². The van der Waals surface area contributed by atoms with E-state index >= 15 is 0 Å². The Morgan fingerprint density at radius 3 is 2.32 bits per heavy atom. The highest BCUT2D eigenvalue weighted by atomic mass is 19.1. The van der Waals surface area contributed by atoms with E-state index in [-0.39, 0.29) is 17.9 Å². The molecule has 5 heteroatoms. The van der Waals surface area contributed by atoms with Gasteiger partial charge in [-0.25, -0.2) is 4.39 Å². The van der Waals surface area contributed by atoms with Gasteiger partial charge in [-0.2, -0.15) is 5.10 Å². The van der Waals surface area contributed by atoms with Gasteiger partial charge in [-0.05, 0) is 76.2 Å². The van der Waals surface area contributed by atoms with Crippen molar-refractivity contribution < 1.29 is 13.9 Å². The number of allylic oxidation sites excluding steroid dienone is 10. The van der Waals surface area contributed by atoms with Gasteiger partial charge in [-0.15, -0.1) is 0 Å². The molecule has 1 rings (SSSR count). The lowest BCUT2D eigenvalue weighted by Gasteiger charge is -2.19. The fraction of sp³-hybridized carbons (Fsp3) is 0.576. The van der Waals surface area contributed by atoms with Crippen LogP contribution in [0.4, 0.5) is 4.39 Å². The zero-order valence-electron chi connectivity index (χ0n) is 25.9. The van der Waals surface area contributed by atoms with Gasteiger partial charge in [0.15, 0.2) is 0 Å². The molecule has 2 atom stereocenters. The van der Waals surface area contributed by atoms with Crippen LogP contribution in [0, 0.1) is 0 Å². The number of nitrogens with one attached hydrogen (secondary N) is 1. The first kappa shape index (κ1) is 37.5. The number of halogens is 1. The Labute approximate surface area is 233 Å². The normalized spacial score (nSPS) is 17.3. The van der Waals surface area contributed by atoms with Gasteiger partial charge in [-0.1, -0.05) is 90.5 Å². The number of carbonyl (C=O) groups excluding carboxylic acids is 1. The average Bonchev–Trinajstić information content (AvgIpc) is 3.34. The number of carbonyl (C=O) groups is 1. The summed E-state index contributed by atoms with van der Waals surface area (Å²) in [6, 6.07) is 0.462. The largest absolute Gasteiger partial charge is 0.457 e. The van der Waals surface area contributed by atoms with Crippen LogP contribution in [0.2, 0.25) is 0 Å². The highest BCUT2D eigenvalue weighted by Gasteiger charge is 2.17. The predicted octanol–water partition coefficient (Wildman–Crippen LogP) is 9.87. The van der Waals surface area contributed by atoms with Crippen molar-refractivity contribution in [3.05, 3.63) is 71.2 Å². The number of ether oxygens (including phenoxy) is 1. The molecule has 216 valence electrons. The predicted molar refractivity (Wildman–Crippen MR) is 165 cm³/mol. The molecule has 1 aliphatic heterocycles. The standard InChI is InChI=1S/C18H29FO2.C13H20N2.C2H6/c1-6-10-14(5)16(19)13-15(9-4)17(11-7-2)21-18(20)12-8-3;1-4-6-7-9-12(8-5-2)13-10-11(3)14-15-13;1-2/h9-10,13,17H,6-8,11-12H2,1-5H3;5-9,11,14H,4,10H2,1-3H3;1-2H3/b14-10-,15-9+,16-13+;7-6+,8-5-,12-9+;. The Bertz CT molecular complexity index is 860. The Morgan fingerprint density at radius 1 is 1.16 bits per heavy atom. The second kappa shape index (κ2) is 24.6. The molecule has 1 aliphatic rings. The molecule has 0 aromatic carbocycles. The summed E-state index contributed by atoms with van der Waals surface area (Å²) in [4.78, 5) is 11.7. The molecule has 1 N–H and O–H groups in total. The van der Waals surface area contributed by atoms with E-state index in [1.54, 1.807) is 6.92 Å². The van der Waals surface area contributed by atoms with E-state index in [4.69, 9.17) is 4.74 Å². The molecule has 38 heavy (non-hydrogen) atoms. The lowest BCUT2D eigenvalue weighted by atomic mass is 10.0. The molecule has 0 radical (unpaired) electrons. The maximum Gasteiger partial charge on any atom is 0.306 e. The third-order valence-electron chi connectivity index (χ3n) is 5.41. The molecule has 0 amide bonds. The fourth-order valence-electron chi connectivity index (χ4n) is 3.49. The topological polar surface area (TPSA) is 50.7 Å². The monoisotopic (exact) mass is 530 g/mol. The van der Waals surface area contributed by atoms with Crippen molar-refractivity contribution in [3.63, 3.8) is 0 Å². The van der Waals surface area contributed by atoms with Crippen LogP contribution < -0.4 is 5.43 Å². The number of hydrogen-bond acceptors (Lipinski definition) is 4. The molecule has 1 heterocycles. The third kappa shape index (κ3) is 16.9. The second-order valence-corrected chi connectivity index (χ2v) is 8.84. The summed E-state index contributed by atoms with van der Waals surface area (Å²) in [5.41, 5.74) is 6.79. The SMILES string of the molecule is CC.C\C=C(/C=C(F)\C(C)=C/CC)C(CCC)OC(=O)CCC.C\C=C/C(=C\C=C\CC)C1=NNC(C)C1. The number of hydrogen-bond donors (Lipinski definition) is 1. The molecule has 0 aliphatic carbocycles. The van der Waals surface area contributed by atoms with Crippen LogP contribution in [0.5, 0.6) is 0 Å². The first-order valence-electron chi connectivity index (χ1n) is 14.5. The van der Waals surface area contributed by atoms with Gasteiger partial charge < -0.3 is 10.2 Å². The molecule has 0 aromatic heterocycles. The van der Waals surface area contributed by atoms with Crippen LogP contribution in [0.25, 0.3) is 0 Å². The van der Waals surface area contributed by atoms with Gasteiger partial charge >= 0.3 is 5.97 Å². The lowest BCUT2D eigenvalue weighted by molar-refractivity contribution is -0.147. The quantitative estimate of drug-likeness (QED) is 0.190. The van der Waals surface area contributed by atoms with Crippen molar-refractivity contribution in [1.29, 1.82) is 0 Å². The summed E-state index contributed by atoms with van der Waals surface area (Å²) in [7, 11) is 0. The molecule has 4 nitrogen and oxygen atoms in total. The summed E-state index contributed by atoms with van der Waals surface area (Å²) in [6.45, 7) is 19.8. The van der Waals surface area contributed by atoms with E-state index in [1.807, 2.05) is 60.6 Å². The smallest absolute Gasteiger partial charge is 0.306 e. The molecular weight excluding hydrogens is 475 g/mol. The fourth-order valence-corrected chi connectivity index (χ4v) is 3.49. The number of esters is 1. The number of hydrazone groups is 1. The van der Waals surface area contributed by atoms with Crippen LogP contribution in [-0.4, -0.2) is 23.8 Å². The number of nitrogens with zero attached hydrogens (tertiary/aromatic N) is 1. The average molecular weight is 531 g/mol. The minimum Gasteiger partial charge on any atom is -0.457 e. The van der Waals surface area contributed by atoms with Gasteiger partial charge in [0.25, 0.3) is 0 Å². The molecule has 0 saturated carbocycles. The van der Waals surface area contributed by atoms with E-state index in [2.05, 4.69) is 54.8 Å². The molecule has 0 spiro atoms. The minimum absolute atomic E-state index is 0.218. The summed E-state index contributed by atoms with van der Waals surface area (Å²) in [5.74, 6) is -0.484. The van der Waals surface area contributed by atoms with Gasteiger partial charge in [0.1, 0.15) is 11.9 Å². The summed E-state index contributed by atoms with van der Waals surface area (Å²) < 4.78 is 19.6.